The summed E-state index contributed by atoms with van der Waals surface area (Å²) in [5.41, 5.74) is 8.42. The fraction of sp³-hybridized carbons (Fsp3) is 0.500. The van der Waals surface area contributed by atoms with Crippen molar-refractivity contribution in [1.29, 1.82) is 0 Å². The number of carbonyl (C=O) groups excluding carboxylic acids is 4. The molecule has 0 aliphatic carbocycles. The van der Waals surface area contributed by atoms with Crippen LogP contribution in [0, 0.1) is 250 Å². The average Bonchev–Trinajstić information content (AvgIpc) is 0.883. The molecule has 6 N–H and O–H groups in total. The molecule has 0 aliphatic rings. The van der Waals surface area contributed by atoms with Crippen LogP contribution in [-0.4, -0.2) is 177 Å². The van der Waals surface area contributed by atoms with E-state index >= 15 is 0 Å². The zero-order valence-electron chi connectivity index (χ0n) is 62.1. The Balaban J connectivity index is -0.0000000623. The summed E-state index contributed by atoms with van der Waals surface area (Å²) in [5, 5.41) is 174. The number of ether oxygens (including phenoxy) is 4. The molecule has 0 amide bonds. The molecule has 0 aliphatic heterocycles. The van der Waals surface area contributed by atoms with Crippen molar-refractivity contribution < 1.29 is 362 Å². The zero-order chi connectivity index (χ0) is 79.8. The number of benzene rings is 4. The predicted octanol–water partition coefficient (Wildman–Crippen LogP) is -6.90. The monoisotopic (exact) mass is 2180 g/mol. The first-order valence-electron chi connectivity index (χ1n) is 29.0. The molecule has 0 atom stereocenters. The van der Waals surface area contributed by atoms with Gasteiger partial charge in [0, 0.05) is 96.6 Å². The van der Waals surface area contributed by atoms with E-state index in [2.05, 4.69) is 20.0 Å². The summed E-state index contributed by atoms with van der Waals surface area (Å²) in [7, 11) is 5.76. The van der Waals surface area contributed by atoms with E-state index in [-0.39, 0.29) is 367 Å². The summed E-state index contributed by atoms with van der Waals surface area (Å²) in [6.45, 7) is 19.1. The number of aliphatic carboxylic acids is 4. The summed E-state index contributed by atoms with van der Waals surface area (Å²) in [5.74, 6) is -3.69. The number of nitrogens with two attached hydrogens (primary N) is 2. The van der Waals surface area contributed by atoms with Crippen molar-refractivity contribution in [3.05, 3.63) is 126 Å². The van der Waals surface area contributed by atoms with E-state index < -0.39 is 55.7 Å². The molecule has 0 radical (unpaired) electrons. The van der Waals surface area contributed by atoms with Crippen molar-refractivity contribution in [3.8, 4) is 46.0 Å². The van der Waals surface area contributed by atoms with Crippen molar-refractivity contribution in [3.63, 3.8) is 0 Å². The van der Waals surface area contributed by atoms with E-state index in [1.165, 1.54) is 53.3 Å². The maximum Gasteiger partial charge on any atom is 3.00 e. The molecule has 0 fully saturated rings. The molecule has 4 aromatic rings. The Labute approximate surface area is 813 Å². The van der Waals surface area contributed by atoms with Crippen LogP contribution < -0.4 is 102 Å². The number of rotatable bonds is 18. The van der Waals surface area contributed by atoms with Gasteiger partial charge in [-0.3, -0.25) is 20.0 Å². The molecule has 0 spiro atoms. The van der Waals surface area contributed by atoms with Gasteiger partial charge in [-0.2, -0.15) is 0 Å². The molecule has 0 saturated carbocycles. The maximum atomic E-state index is 11.5. The van der Waals surface area contributed by atoms with Crippen LogP contribution in [0.4, 0.5) is 0 Å². The van der Waals surface area contributed by atoms with Gasteiger partial charge in [-0.15, -0.1) is 39.6 Å². The van der Waals surface area contributed by atoms with E-state index in [1.54, 1.807) is 156 Å². The fourth-order valence-corrected chi connectivity index (χ4v) is 4.04. The molecule has 38 nitrogen and oxygen atoms in total. The van der Waals surface area contributed by atoms with Crippen LogP contribution in [0.25, 0.3) is 0 Å². The predicted molar refractivity (Wildman–Crippen MR) is 349 cm³/mol. The Morgan fingerprint density at radius 2 is 0.481 bits per heavy atom. The van der Waals surface area contributed by atoms with Gasteiger partial charge in [-0.1, -0.05) is 155 Å². The van der Waals surface area contributed by atoms with Crippen molar-refractivity contribution in [2.24, 2.45) is 53.1 Å². The van der Waals surface area contributed by atoms with Crippen LogP contribution in [-0.2, 0) is 52.7 Å². The second-order valence-corrected chi connectivity index (χ2v) is 22.1. The number of methoxy groups -OCH3 is 4. The van der Waals surface area contributed by atoms with Crippen LogP contribution in [0.1, 0.15) is 105 Å². The Kier molecular flexibility index (Phi) is 119. The van der Waals surface area contributed by atoms with Gasteiger partial charge in [0.15, 0.2) is 0 Å². The third kappa shape index (κ3) is 93.8. The van der Waals surface area contributed by atoms with E-state index in [0.717, 1.165) is 0 Å². The zero-order valence-corrected chi connectivity index (χ0v) is 73.8. The minimum absolute atomic E-state index is 0. The number of nitrogens with zero attached hydrogens (tertiary/aromatic N) is 6. The van der Waals surface area contributed by atoms with Crippen LogP contribution in [0.2, 0.25) is 0 Å². The summed E-state index contributed by atoms with van der Waals surface area (Å²) in [6, 6.07) is 19.7. The van der Waals surface area contributed by atoms with Gasteiger partial charge in [-0.25, -0.2) is 0 Å². The third-order valence-corrected chi connectivity index (χ3v) is 9.41. The summed E-state index contributed by atoms with van der Waals surface area (Å²) >= 11 is 0. The molecular weight excluding hydrogens is 2090 g/mol. The van der Waals surface area contributed by atoms with Crippen molar-refractivity contribution >= 4 is 48.7 Å². The van der Waals surface area contributed by atoms with Crippen LogP contribution in [0.3, 0.4) is 0 Å². The molecule has 0 saturated heterocycles. The third-order valence-electron chi connectivity index (χ3n) is 9.41. The van der Waals surface area contributed by atoms with Crippen molar-refractivity contribution in [2.75, 3.05) is 107 Å². The van der Waals surface area contributed by atoms with E-state index in [0.29, 0.717) is 22.3 Å². The topological polar surface area (TPSA) is 722 Å². The Morgan fingerprint density at radius 3 is 0.565 bits per heavy atom. The number of carboxylic acid groups (broad SMARTS) is 4. The first-order chi connectivity index (χ1) is 46.2. The minimum Gasteiger partial charge on any atom is -0.870 e. The molecule has 0 bridgehead atoms. The fourth-order valence-electron chi connectivity index (χ4n) is 4.04. The van der Waals surface area contributed by atoms with Crippen LogP contribution >= 0.6 is 0 Å². The summed E-state index contributed by atoms with van der Waals surface area (Å²) in [6.07, 6.45) is 5.62. The quantitative estimate of drug-likeness (QED) is 0.0531. The van der Waals surface area contributed by atoms with Gasteiger partial charge in [0.25, 0.3) is 0 Å². The molecule has 4 aromatic carbocycles. The molecule has 108 heavy (non-hydrogen) atoms. The first kappa shape index (κ1) is 144. The molecule has 616 valence electrons. The molecule has 44 heteroatoms. The SMILES string of the molecule is CC(C)(C)C(=O)[O-].CC(C)(C)C(=O)[O-].CC(C)(C)C(=O)[O-].CC(C)(C)C(=O)[O-].COc1cccc(C=NCC[O-])c1[O-].COc1cccc(C=NCC[O-])c1[O-].COc1cccc(C=NCC[O-])c1[O-].COc1cccc(C=NCC[O-])c1[O-].NCC[O-].NCC[O-].O=[N+]([O-])[O-].O=[N+]([O-])[O-].[Co+3].[Co+3].[Eu+3].[Eu+3].[Eu+3].[Eu+3].[OH-].[OH-]. The number of aliphatic imine (C=N–C) groups is 4. The van der Waals surface area contributed by atoms with E-state index in [1.807, 2.05) is 0 Å². The Morgan fingerprint density at radius 1 is 0.361 bits per heavy atom. The second kappa shape index (κ2) is 89.7. The van der Waals surface area contributed by atoms with Gasteiger partial charge in [0.1, 0.15) is 23.0 Å². The Bertz CT molecular complexity index is 2600. The summed E-state index contributed by atoms with van der Waals surface area (Å²) in [4.78, 5) is 71.4. The largest absolute Gasteiger partial charge is 3.00 e. The summed E-state index contributed by atoms with van der Waals surface area (Å²) < 4.78 is 19.4. The van der Waals surface area contributed by atoms with Gasteiger partial charge in [0.2, 0.25) is 0 Å². The Hall–Kier alpha value is -2.81. The van der Waals surface area contributed by atoms with Crippen molar-refractivity contribution in [1.82, 2.24) is 0 Å². The van der Waals surface area contributed by atoms with Gasteiger partial charge >= 0.3 is 231 Å². The first-order valence-corrected chi connectivity index (χ1v) is 29.0. The smallest absolute Gasteiger partial charge is 0.870 e. The molecule has 4 rings (SSSR count). The second-order valence-electron chi connectivity index (χ2n) is 22.1. The number of para-hydroxylation sites is 4. The number of carbonyl (C=O) groups is 4. The molecule has 0 heterocycles. The number of carboxylic acids is 4. The number of hydrogen-bond acceptors (Lipinski definition) is 36. The van der Waals surface area contributed by atoms with Gasteiger partial charge < -0.3 is 163 Å². The minimum atomic E-state index is -1.75. The van der Waals surface area contributed by atoms with Crippen LogP contribution in [0.5, 0.6) is 46.0 Å². The molecule has 0 unspecified atom stereocenters. The van der Waals surface area contributed by atoms with E-state index in [9.17, 15) is 90.7 Å². The average molecular weight is 2180 g/mol. The maximum absolute atomic E-state index is 11.5. The van der Waals surface area contributed by atoms with Crippen molar-refractivity contribution in [2.45, 2.75) is 83.1 Å². The van der Waals surface area contributed by atoms with Crippen LogP contribution in [0.15, 0.2) is 92.8 Å². The van der Waals surface area contributed by atoms with E-state index in [4.69, 9.17) is 61.1 Å². The molecule has 0 aromatic heterocycles. The molecular formula is C64H94Co2Eu4N8O30. The number of hydrogen-bond donors (Lipinski definition) is 2. The standard InChI is InChI=1S/4C10H12NO3.4C5H10O2.2C2H6NO.2Co.4Eu.2NO3.2H2O/c4*1-14-9-4-2-3-8(10(9)13)7-11-5-6-12;4*1-5(2,3)4(6)7;2*3-1-2-4;;;;;;;2*2-1(3)4;;/h4*2-4,7,13H,5-6H2,1H3;4*1-3H3,(H,6,7);2*1-3H2;;;;;;;;;2*1H2/q4*-1;;;;;2*-1;6*+3;2*-1;;/p-10. The van der Waals surface area contributed by atoms with Gasteiger partial charge in [-0.05, 0) is 59.6 Å². The normalized spacial score (nSPS) is 9.48. The van der Waals surface area contributed by atoms with Gasteiger partial charge in [0.05, 0.1) is 38.6 Å².